The van der Waals surface area contributed by atoms with Crippen LogP contribution in [0.4, 0.5) is 13.2 Å². The molecule has 0 aliphatic heterocycles. The van der Waals surface area contributed by atoms with Gasteiger partial charge in [0.2, 0.25) is 0 Å². The summed E-state index contributed by atoms with van der Waals surface area (Å²) in [5.41, 5.74) is -2.77. The molecule has 2 aromatic rings. The Hall–Kier alpha value is -2.42. The quantitative estimate of drug-likeness (QED) is 0.835. The molecule has 5 nitrogen and oxygen atoms in total. The predicted octanol–water partition coefficient (Wildman–Crippen LogP) is 2.61. The first-order chi connectivity index (χ1) is 9.71. The predicted molar refractivity (Wildman–Crippen MR) is 69.2 cm³/mol. The molecule has 0 atom stereocenters. The summed E-state index contributed by atoms with van der Waals surface area (Å²) >= 11 is 4.84. The zero-order valence-corrected chi connectivity index (χ0v) is 11.0. The molecule has 1 aromatic carbocycles. The van der Waals surface area contributed by atoms with Crippen molar-refractivity contribution in [1.29, 1.82) is 0 Å². The van der Waals surface area contributed by atoms with E-state index >= 15 is 0 Å². The van der Waals surface area contributed by atoms with Crippen molar-refractivity contribution in [1.82, 2.24) is 9.55 Å². The van der Waals surface area contributed by atoms with Crippen LogP contribution < -0.4 is 5.56 Å². The molecular formula is C12H7F3N2O3S. The number of aromatic carboxylic acids is 1. The van der Waals surface area contributed by atoms with Crippen LogP contribution in [0.5, 0.6) is 0 Å². The molecule has 1 heterocycles. The van der Waals surface area contributed by atoms with Gasteiger partial charge in [0, 0.05) is 6.20 Å². The first-order valence-corrected chi connectivity index (χ1v) is 5.88. The summed E-state index contributed by atoms with van der Waals surface area (Å²) in [6.07, 6.45) is -3.69. The summed E-state index contributed by atoms with van der Waals surface area (Å²) < 4.78 is 38.5. The summed E-state index contributed by atoms with van der Waals surface area (Å²) in [6, 6.07) is 3.89. The van der Waals surface area contributed by atoms with Crippen LogP contribution in [0.3, 0.4) is 0 Å². The smallest absolute Gasteiger partial charge is 0.416 e. The van der Waals surface area contributed by atoms with E-state index in [1.165, 1.54) is 6.07 Å². The van der Waals surface area contributed by atoms with Crippen LogP contribution in [-0.2, 0) is 6.18 Å². The van der Waals surface area contributed by atoms with Crippen molar-refractivity contribution < 1.29 is 23.1 Å². The number of halogens is 3. The highest BCUT2D eigenvalue weighted by Gasteiger charge is 2.30. The van der Waals surface area contributed by atoms with Gasteiger partial charge in [-0.25, -0.2) is 4.79 Å². The van der Waals surface area contributed by atoms with Gasteiger partial charge >= 0.3 is 12.1 Å². The zero-order chi connectivity index (χ0) is 15.8. The molecule has 0 aliphatic rings. The number of alkyl halides is 3. The van der Waals surface area contributed by atoms with E-state index in [9.17, 15) is 22.8 Å². The fraction of sp³-hybridized carbons (Fsp3) is 0.0833. The molecular weight excluding hydrogens is 309 g/mol. The maximum Gasteiger partial charge on any atom is 0.416 e. The number of nitrogens with one attached hydrogen (secondary N) is 1. The van der Waals surface area contributed by atoms with Crippen LogP contribution >= 0.6 is 12.2 Å². The maximum atomic E-state index is 12.7. The summed E-state index contributed by atoms with van der Waals surface area (Å²) in [7, 11) is 0. The SMILES string of the molecule is O=C(O)c1c[nH]c(=S)n(-c2cccc(C(F)(F)F)c2)c1=O. The molecule has 2 rings (SSSR count). The fourth-order valence-electron chi connectivity index (χ4n) is 1.68. The van der Waals surface area contributed by atoms with Gasteiger partial charge in [0.05, 0.1) is 11.3 Å². The van der Waals surface area contributed by atoms with E-state index in [0.717, 1.165) is 24.4 Å². The lowest BCUT2D eigenvalue weighted by Crippen LogP contribution is -2.26. The first kappa shape index (κ1) is 15.0. The van der Waals surface area contributed by atoms with Crippen LogP contribution in [0.2, 0.25) is 0 Å². The number of hydrogen-bond donors (Lipinski definition) is 2. The number of nitrogens with zero attached hydrogens (tertiary/aromatic N) is 1. The van der Waals surface area contributed by atoms with Gasteiger partial charge in [0.1, 0.15) is 5.56 Å². The van der Waals surface area contributed by atoms with Crippen LogP contribution in [-0.4, -0.2) is 20.6 Å². The molecule has 0 bridgehead atoms. The first-order valence-electron chi connectivity index (χ1n) is 5.47. The topological polar surface area (TPSA) is 75.1 Å². The highest BCUT2D eigenvalue weighted by molar-refractivity contribution is 7.71. The van der Waals surface area contributed by atoms with E-state index in [1.54, 1.807) is 0 Å². The van der Waals surface area contributed by atoms with Crippen LogP contribution in [0.1, 0.15) is 15.9 Å². The fourth-order valence-corrected chi connectivity index (χ4v) is 1.93. The average Bonchev–Trinajstić information content (AvgIpc) is 2.37. The van der Waals surface area contributed by atoms with E-state index in [-0.39, 0.29) is 10.5 Å². The molecule has 0 saturated heterocycles. The Morgan fingerprint density at radius 3 is 2.57 bits per heavy atom. The van der Waals surface area contributed by atoms with Crippen LogP contribution in [0, 0.1) is 4.77 Å². The molecule has 21 heavy (non-hydrogen) atoms. The van der Waals surface area contributed by atoms with Gasteiger partial charge in [-0.2, -0.15) is 13.2 Å². The van der Waals surface area contributed by atoms with E-state index < -0.39 is 28.8 Å². The molecule has 0 saturated carbocycles. The van der Waals surface area contributed by atoms with Crippen molar-refractivity contribution in [3.63, 3.8) is 0 Å². The standard InChI is InChI=1S/C12H7F3N2O3S/c13-12(14,15)6-2-1-3-7(4-6)17-9(18)8(10(19)20)5-16-11(17)21/h1-5H,(H,16,21)(H,19,20). The van der Waals surface area contributed by atoms with Crippen molar-refractivity contribution in [3.05, 3.63) is 56.7 Å². The minimum Gasteiger partial charge on any atom is -0.477 e. The highest BCUT2D eigenvalue weighted by Crippen LogP contribution is 2.30. The normalized spacial score (nSPS) is 11.4. The van der Waals surface area contributed by atoms with Crippen LogP contribution in [0.25, 0.3) is 5.69 Å². The number of carboxylic acid groups (broad SMARTS) is 1. The van der Waals surface area contributed by atoms with Crippen LogP contribution in [0.15, 0.2) is 35.3 Å². The van der Waals surface area contributed by atoms with Crippen molar-refractivity contribution in [2.45, 2.75) is 6.18 Å². The molecule has 0 radical (unpaired) electrons. The second-order valence-corrected chi connectivity index (χ2v) is 4.39. The third-order valence-electron chi connectivity index (χ3n) is 2.64. The Morgan fingerprint density at radius 1 is 1.33 bits per heavy atom. The molecule has 0 aliphatic carbocycles. The van der Waals surface area contributed by atoms with Crippen molar-refractivity contribution in [2.75, 3.05) is 0 Å². The number of aromatic nitrogens is 2. The Morgan fingerprint density at radius 2 is 2.00 bits per heavy atom. The maximum absolute atomic E-state index is 12.7. The van der Waals surface area contributed by atoms with Gasteiger partial charge in [-0.15, -0.1) is 0 Å². The lowest BCUT2D eigenvalue weighted by molar-refractivity contribution is -0.137. The Balaban J connectivity index is 2.74. The van der Waals surface area contributed by atoms with E-state index in [2.05, 4.69) is 4.98 Å². The Bertz CT molecular complexity index is 823. The largest absolute Gasteiger partial charge is 0.477 e. The number of H-pyrrole nitrogens is 1. The lowest BCUT2D eigenvalue weighted by atomic mass is 10.2. The summed E-state index contributed by atoms with van der Waals surface area (Å²) in [6.45, 7) is 0. The van der Waals surface area contributed by atoms with Crippen molar-refractivity contribution in [2.24, 2.45) is 0 Å². The molecule has 110 valence electrons. The molecule has 0 spiro atoms. The number of rotatable bonds is 2. The summed E-state index contributed by atoms with van der Waals surface area (Å²) in [4.78, 5) is 25.3. The molecule has 0 unspecified atom stereocenters. The van der Waals surface area contributed by atoms with Crippen molar-refractivity contribution >= 4 is 18.2 Å². The van der Waals surface area contributed by atoms with E-state index in [0.29, 0.717) is 4.57 Å². The number of carboxylic acids is 1. The second-order valence-electron chi connectivity index (χ2n) is 4.00. The molecule has 1 aromatic heterocycles. The minimum atomic E-state index is -4.59. The van der Waals surface area contributed by atoms with Gasteiger partial charge in [-0.05, 0) is 30.4 Å². The van der Waals surface area contributed by atoms with Gasteiger partial charge in [-0.3, -0.25) is 9.36 Å². The van der Waals surface area contributed by atoms with Gasteiger partial charge in [-0.1, -0.05) is 6.07 Å². The minimum absolute atomic E-state index is 0.167. The Labute approximate surface area is 120 Å². The number of hydrogen-bond acceptors (Lipinski definition) is 3. The van der Waals surface area contributed by atoms with Gasteiger partial charge in [0.15, 0.2) is 4.77 Å². The molecule has 2 N–H and O–H groups in total. The number of benzene rings is 1. The van der Waals surface area contributed by atoms with Crippen molar-refractivity contribution in [3.8, 4) is 5.69 Å². The van der Waals surface area contributed by atoms with Gasteiger partial charge in [0.25, 0.3) is 5.56 Å². The second kappa shape index (κ2) is 5.17. The molecule has 0 amide bonds. The number of carbonyl (C=O) groups is 1. The monoisotopic (exact) mass is 316 g/mol. The summed E-state index contributed by atoms with van der Waals surface area (Å²) in [5.74, 6) is -1.51. The number of aromatic amines is 1. The highest BCUT2D eigenvalue weighted by atomic mass is 32.1. The molecule has 9 heteroatoms. The molecule has 0 fully saturated rings. The van der Waals surface area contributed by atoms with E-state index in [4.69, 9.17) is 17.3 Å². The summed E-state index contributed by atoms with van der Waals surface area (Å²) in [5, 5.41) is 8.86. The van der Waals surface area contributed by atoms with E-state index in [1.807, 2.05) is 0 Å². The lowest BCUT2D eigenvalue weighted by Gasteiger charge is -2.11. The van der Waals surface area contributed by atoms with Gasteiger partial charge < -0.3 is 10.1 Å². The zero-order valence-electron chi connectivity index (χ0n) is 10.1. The third kappa shape index (κ3) is 2.87. The Kier molecular flexibility index (Phi) is 3.69. The average molecular weight is 316 g/mol. The third-order valence-corrected chi connectivity index (χ3v) is 2.94.